The molecule has 35 heavy (non-hydrogen) atoms. The Balaban J connectivity index is 0.000000429. The van der Waals surface area contributed by atoms with E-state index < -0.39 is 12.1 Å². The number of likely N-dealkylation sites (tertiary alicyclic amines) is 1. The maximum Gasteiger partial charge on any atom is 0.490 e. The summed E-state index contributed by atoms with van der Waals surface area (Å²) in [5.74, 6) is -2.97. The highest BCUT2D eigenvalue weighted by atomic mass is 19.4. The predicted molar refractivity (Wildman–Crippen MR) is 125 cm³/mol. The molecule has 2 heterocycles. The second-order valence-electron chi connectivity index (χ2n) is 8.16. The molecule has 3 aromatic rings. The van der Waals surface area contributed by atoms with Crippen LogP contribution in [0.4, 0.5) is 13.2 Å². The van der Waals surface area contributed by atoms with E-state index in [1.54, 1.807) is 19.2 Å². The molecular formula is C25H26F3N3O4. The minimum Gasteiger partial charge on any atom is -0.475 e. The Morgan fingerprint density at radius 2 is 1.60 bits per heavy atom. The van der Waals surface area contributed by atoms with E-state index in [9.17, 15) is 22.8 Å². The van der Waals surface area contributed by atoms with Gasteiger partial charge < -0.3 is 15.0 Å². The van der Waals surface area contributed by atoms with Crippen LogP contribution in [0.25, 0.3) is 10.8 Å². The van der Waals surface area contributed by atoms with Crippen molar-refractivity contribution in [1.82, 2.24) is 14.8 Å². The van der Waals surface area contributed by atoms with E-state index in [1.807, 2.05) is 36.4 Å². The molecule has 0 saturated carbocycles. The van der Waals surface area contributed by atoms with Crippen molar-refractivity contribution in [2.75, 3.05) is 19.6 Å². The molecule has 2 aromatic carbocycles. The summed E-state index contributed by atoms with van der Waals surface area (Å²) in [6.45, 7) is 2.61. The minimum atomic E-state index is -5.08. The molecule has 1 unspecified atom stereocenters. The van der Waals surface area contributed by atoms with Crippen molar-refractivity contribution < 1.29 is 27.9 Å². The predicted octanol–water partition coefficient (Wildman–Crippen LogP) is 3.74. The Bertz CT molecular complexity index is 1240. The first-order valence-corrected chi connectivity index (χ1v) is 11.1. The molecule has 2 N–H and O–H groups in total. The molecule has 0 bridgehead atoms. The van der Waals surface area contributed by atoms with Crippen LogP contribution in [0.15, 0.2) is 65.5 Å². The van der Waals surface area contributed by atoms with E-state index >= 15 is 0 Å². The molecule has 1 aliphatic heterocycles. The highest BCUT2D eigenvalue weighted by Crippen LogP contribution is 2.24. The number of carboxylic acids is 1. The third-order valence-electron chi connectivity index (χ3n) is 5.85. The topological polar surface area (TPSA) is 91.6 Å². The molecule has 10 heteroatoms. The van der Waals surface area contributed by atoms with Gasteiger partial charge >= 0.3 is 12.1 Å². The van der Waals surface area contributed by atoms with Crippen LogP contribution < -0.4 is 10.9 Å². The van der Waals surface area contributed by atoms with Gasteiger partial charge in [0.15, 0.2) is 0 Å². The van der Waals surface area contributed by atoms with Gasteiger partial charge in [0, 0.05) is 19.0 Å². The zero-order valence-electron chi connectivity index (χ0n) is 19.1. The average molecular weight is 489 g/mol. The number of halogens is 3. The van der Waals surface area contributed by atoms with Crippen LogP contribution in [0.2, 0.25) is 0 Å². The zero-order chi connectivity index (χ0) is 25.6. The van der Waals surface area contributed by atoms with Crippen LogP contribution >= 0.6 is 0 Å². The second-order valence-corrected chi connectivity index (χ2v) is 8.16. The van der Waals surface area contributed by atoms with Gasteiger partial charge in [-0.15, -0.1) is 0 Å². The van der Waals surface area contributed by atoms with Crippen molar-refractivity contribution in [3.63, 3.8) is 0 Å². The highest BCUT2D eigenvalue weighted by Gasteiger charge is 2.38. The van der Waals surface area contributed by atoms with Gasteiger partial charge in [-0.3, -0.25) is 14.5 Å². The van der Waals surface area contributed by atoms with Gasteiger partial charge in [-0.1, -0.05) is 48.5 Å². The lowest BCUT2D eigenvalue weighted by Gasteiger charge is -2.28. The van der Waals surface area contributed by atoms with Gasteiger partial charge in [0.1, 0.15) is 5.69 Å². The van der Waals surface area contributed by atoms with Gasteiger partial charge in [0.2, 0.25) is 0 Å². The van der Waals surface area contributed by atoms with Gasteiger partial charge in [0.25, 0.3) is 11.5 Å². The number of aliphatic carboxylic acids is 1. The first-order valence-electron chi connectivity index (χ1n) is 11.1. The van der Waals surface area contributed by atoms with Gasteiger partial charge in [-0.25, -0.2) is 4.79 Å². The third-order valence-corrected chi connectivity index (χ3v) is 5.85. The molecule has 4 rings (SSSR count). The van der Waals surface area contributed by atoms with Gasteiger partial charge in [-0.05, 0) is 49.0 Å². The molecule has 0 spiro atoms. The number of nitrogens with one attached hydrogen (secondary N) is 1. The summed E-state index contributed by atoms with van der Waals surface area (Å²) in [6.07, 6.45) is -2.70. The maximum atomic E-state index is 12.9. The lowest BCUT2D eigenvalue weighted by atomic mass is 10.1. The summed E-state index contributed by atoms with van der Waals surface area (Å²) in [6, 6.07) is 19.6. The van der Waals surface area contributed by atoms with Crippen LogP contribution in [0.3, 0.4) is 0 Å². The molecule has 1 amide bonds. The number of carboxylic acid groups (broad SMARTS) is 1. The van der Waals surface area contributed by atoms with E-state index in [0.29, 0.717) is 17.6 Å². The van der Waals surface area contributed by atoms with Crippen molar-refractivity contribution in [3.05, 3.63) is 82.3 Å². The third kappa shape index (κ3) is 6.48. The van der Waals surface area contributed by atoms with E-state index in [-0.39, 0.29) is 17.5 Å². The summed E-state index contributed by atoms with van der Waals surface area (Å²) in [7, 11) is 1.65. The van der Waals surface area contributed by atoms with Crippen LogP contribution in [0.5, 0.6) is 0 Å². The van der Waals surface area contributed by atoms with E-state index in [4.69, 9.17) is 9.90 Å². The van der Waals surface area contributed by atoms with Crippen LogP contribution in [0, 0.1) is 0 Å². The minimum absolute atomic E-state index is 0.144. The van der Waals surface area contributed by atoms with Gasteiger partial charge in [-0.2, -0.15) is 13.2 Å². The number of hydrogen-bond donors (Lipinski definition) is 2. The van der Waals surface area contributed by atoms with Crippen molar-refractivity contribution in [2.24, 2.45) is 7.05 Å². The largest absolute Gasteiger partial charge is 0.490 e. The quantitative estimate of drug-likeness (QED) is 0.570. The summed E-state index contributed by atoms with van der Waals surface area (Å²) in [5.41, 5.74) is 1.44. The highest BCUT2D eigenvalue weighted by molar-refractivity contribution is 5.96. The first kappa shape index (κ1) is 26.0. The van der Waals surface area contributed by atoms with Gasteiger partial charge in [0.05, 0.1) is 6.04 Å². The van der Waals surface area contributed by atoms with Crippen LogP contribution in [-0.4, -0.2) is 52.3 Å². The van der Waals surface area contributed by atoms with Crippen molar-refractivity contribution in [3.8, 4) is 0 Å². The first-order chi connectivity index (χ1) is 16.6. The van der Waals surface area contributed by atoms with Crippen molar-refractivity contribution >= 4 is 22.6 Å². The summed E-state index contributed by atoms with van der Waals surface area (Å²) >= 11 is 0. The molecule has 1 aromatic heterocycles. The molecule has 0 radical (unpaired) electrons. The number of benzene rings is 2. The van der Waals surface area contributed by atoms with E-state index in [1.165, 1.54) is 23.0 Å². The Kier molecular flexibility index (Phi) is 8.29. The number of aromatic nitrogens is 1. The number of alkyl halides is 3. The lowest BCUT2D eigenvalue weighted by Crippen LogP contribution is -2.38. The zero-order valence-corrected chi connectivity index (χ0v) is 19.1. The van der Waals surface area contributed by atoms with Crippen LogP contribution in [-0.2, 0) is 11.8 Å². The Hall–Kier alpha value is -3.66. The average Bonchev–Trinajstić information content (AvgIpc) is 3.36. The molecule has 186 valence electrons. The van der Waals surface area contributed by atoms with E-state index in [0.717, 1.165) is 18.5 Å². The summed E-state index contributed by atoms with van der Waals surface area (Å²) < 4.78 is 33.2. The SMILES string of the molecule is Cn1c(C(=O)NCC(c2ccccc2)N2CCCC2)cc2ccccc2c1=O.O=C(O)C(F)(F)F. The molecule has 1 saturated heterocycles. The Morgan fingerprint density at radius 3 is 2.20 bits per heavy atom. The smallest absolute Gasteiger partial charge is 0.475 e. The number of hydrogen-bond acceptors (Lipinski definition) is 4. The normalized spacial score (nSPS) is 14.7. The van der Waals surface area contributed by atoms with Crippen molar-refractivity contribution in [2.45, 2.75) is 25.1 Å². The van der Waals surface area contributed by atoms with Crippen molar-refractivity contribution in [1.29, 1.82) is 0 Å². The molecule has 1 aliphatic rings. The second kappa shape index (κ2) is 11.2. The number of nitrogens with zero attached hydrogens (tertiary/aromatic N) is 2. The fraction of sp³-hybridized carbons (Fsp3) is 0.320. The fourth-order valence-corrected chi connectivity index (χ4v) is 4.04. The number of rotatable bonds is 5. The Labute approximate surface area is 199 Å². The monoisotopic (exact) mass is 489 g/mol. The van der Waals surface area contributed by atoms with E-state index in [2.05, 4.69) is 22.3 Å². The fourth-order valence-electron chi connectivity index (χ4n) is 4.04. The number of carbonyl (C=O) groups excluding carboxylic acids is 1. The lowest BCUT2D eigenvalue weighted by molar-refractivity contribution is -0.192. The molecule has 1 atom stereocenters. The molecule has 1 fully saturated rings. The van der Waals surface area contributed by atoms with Crippen LogP contribution in [0.1, 0.15) is 34.9 Å². The number of amides is 1. The standard InChI is InChI=1S/C23H25N3O2.C2HF3O2/c1-25-20(15-18-11-5-6-12-19(18)23(25)28)22(27)24-16-21(26-13-7-8-14-26)17-9-3-2-4-10-17;3-2(4,5)1(6)7/h2-6,9-12,15,21H,7-8,13-14,16H2,1H3,(H,24,27);(H,6,7). The molecule has 0 aliphatic carbocycles. The maximum absolute atomic E-state index is 12.9. The number of carbonyl (C=O) groups is 2. The number of fused-ring (bicyclic) bond motifs is 1. The Morgan fingerprint density at radius 1 is 1.03 bits per heavy atom. The summed E-state index contributed by atoms with van der Waals surface area (Å²) in [4.78, 5) is 36.8. The molecular weight excluding hydrogens is 463 g/mol. The summed E-state index contributed by atoms with van der Waals surface area (Å²) in [5, 5.41) is 11.6. The molecule has 7 nitrogen and oxygen atoms in total. The number of pyridine rings is 1.